The number of hydrogen-bond acceptors (Lipinski definition) is 5. The standard InChI is InChI=1S/C18H23N5O3/c1-11-19-15(10-26-11)18(25)23-8-7-16-13(9-23)14(21-22(16)2)5-6-17(24)20-12-3-4-12/h10,12H,3-9H2,1-2H3,(H,20,24). The summed E-state index contributed by atoms with van der Waals surface area (Å²) in [5.41, 5.74) is 3.44. The molecule has 1 saturated carbocycles. The number of hydrogen-bond donors (Lipinski definition) is 1. The molecule has 4 rings (SSSR count). The highest BCUT2D eigenvalue weighted by atomic mass is 16.3. The van der Waals surface area contributed by atoms with Gasteiger partial charge in [-0.3, -0.25) is 14.3 Å². The lowest BCUT2D eigenvalue weighted by Gasteiger charge is -2.27. The van der Waals surface area contributed by atoms with Gasteiger partial charge in [-0.25, -0.2) is 4.98 Å². The lowest BCUT2D eigenvalue weighted by Crippen LogP contribution is -2.36. The molecule has 2 aromatic heterocycles. The maximum atomic E-state index is 12.6. The van der Waals surface area contributed by atoms with E-state index in [4.69, 9.17) is 4.42 Å². The number of nitrogens with one attached hydrogen (secondary N) is 1. The first-order valence-electron chi connectivity index (χ1n) is 9.05. The van der Waals surface area contributed by atoms with Crippen molar-refractivity contribution in [1.82, 2.24) is 25.0 Å². The van der Waals surface area contributed by atoms with Crippen LogP contribution in [0.5, 0.6) is 0 Å². The second-order valence-corrected chi connectivity index (χ2v) is 7.07. The van der Waals surface area contributed by atoms with Crippen molar-refractivity contribution in [3.63, 3.8) is 0 Å². The molecule has 1 aliphatic carbocycles. The molecule has 2 aromatic rings. The number of carbonyl (C=O) groups excluding carboxylic acids is 2. The van der Waals surface area contributed by atoms with E-state index in [1.54, 1.807) is 11.8 Å². The third-order valence-corrected chi connectivity index (χ3v) is 4.98. The van der Waals surface area contributed by atoms with Crippen molar-refractivity contribution >= 4 is 11.8 Å². The number of aromatic nitrogens is 3. The summed E-state index contributed by atoms with van der Waals surface area (Å²) in [6.45, 7) is 2.84. The molecule has 0 radical (unpaired) electrons. The van der Waals surface area contributed by atoms with Crippen molar-refractivity contribution in [1.29, 1.82) is 0 Å². The molecule has 2 amide bonds. The SMILES string of the molecule is Cc1nc(C(=O)N2CCc3c(c(CCC(=O)NC4CC4)nn3C)C2)co1. The number of oxazole rings is 1. The van der Waals surface area contributed by atoms with Gasteiger partial charge in [0.05, 0.1) is 5.69 Å². The predicted octanol–water partition coefficient (Wildman–Crippen LogP) is 1.13. The predicted molar refractivity (Wildman–Crippen MR) is 92.4 cm³/mol. The molecule has 8 nitrogen and oxygen atoms in total. The van der Waals surface area contributed by atoms with Gasteiger partial charge in [-0.2, -0.15) is 5.10 Å². The quantitative estimate of drug-likeness (QED) is 0.866. The minimum Gasteiger partial charge on any atom is -0.448 e. The number of aryl methyl sites for hydroxylation is 3. The van der Waals surface area contributed by atoms with E-state index in [0.717, 1.165) is 36.2 Å². The monoisotopic (exact) mass is 357 g/mol. The zero-order valence-corrected chi connectivity index (χ0v) is 15.1. The fraction of sp³-hybridized carbons (Fsp3) is 0.556. The molecule has 0 spiro atoms. The van der Waals surface area contributed by atoms with Gasteiger partial charge < -0.3 is 14.6 Å². The van der Waals surface area contributed by atoms with E-state index in [2.05, 4.69) is 15.4 Å². The number of carbonyl (C=O) groups is 2. The molecule has 0 saturated heterocycles. The van der Waals surface area contributed by atoms with Crippen LogP contribution < -0.4 is 5.32 Å². The van der Waals surface area contributed by atoms with Crippen molar-refractivity contribution in [3.05, 3.63) is 34.8 Å². The third kappa shape index (κ3) is 3.36. The summed E-state index contributed by atoms with van der Waals surface area (Å²) in [6, 6.07) is 0.374. The Morgan fingerprint density at radius 3 is 2.88 bits per heavy atom. The Labute approximate surface area is 151 Å². The maximum Gasteiger partial charge on any atom is 0.276 e. The van der Waals surface area contributed by atoms with Gasteiger partial charge in [0.25, 0.3) is 5.91 Å². The highest BCUT2D eigenvalue weighted by Gasteiger charge is 2.29. The second kappa shape index (κ2) is 6.59. The first-order chi connectivity index (χ1) is 12.5. The molecule has 0 aromatic carbocycles. The van der Waals surface area contributed by atoms with E-state index in [1.807, 2.05) is 11.7 Å². The fourth-order valence-electron chi connectivity index (χ4n) is 3.43. The van der Waals surface area contributed by atoms with Gasteiger partial charge in [-0.1, -0.05) is 0 Å². The third-order valence-electron chi connectivity index (χ3n) is 4.98. The van der Waals surface area contributed by atoms with Crippen LogP contribution >= 0.6 is 0 Å². The zero-order chi connectivity index (χ0) is 18.3. The zero-order valence-electron chi connectivity index (χ0n) is 15.1. The lowest BCUT2D eigenvalue weighted by atomic mass is 10.0. The molecular formula is C18H23N5O3. The maximum absolute atomic E-state index is 12.6. The summed E-state index contributed by atoms with van der Waals surface area (Å²) >= 11 is 0. The highest BCUT2D eigenvalue weighted by Crippen LogP contribution is 2.25. The number of rotatable bonds is 5. The van der Waals surface area contributed by atoms with E-state index in [9.17, 15) is 9.59 Å². The van der Waals surface area contributed by atoms with Gasteiger partial charge in [-0.05, 0) is 12.8 Å². The first-order valence-corrected chi connectivity index (χ1v) is 9.05. The molecule has 1 fully saturated rings. The van der Waals surface area contributed by atoms with Crippen molar-refractivity contribution < 1.29 is 14.0 Å². The van der Waals surface area contributed by atoms with Crippen LogP contribution in [0.25, 0.3) is 0 Å². The summed E-state index contributed by atoms with van der Waals surface area (Å²) < 4.78 is 7.04. The van der Waals surface area contributed by atoms with Crippen molar-refractivity contribution in [3.8, 4) is 0 Å². The topological polar surface area (TPSA) is 93.3 Å². The largest absolute Gasteiger partial charge is 0.448 e. The molecular weight excluding hydrogens is 334 g/mol. The molecule has 1 aliphatic heterocycles. The Balaban J connectivity index is 1.46. The van der Waals surface area contributed by atoms with Gasteiger partial charge in [0.2, 0.25) is 5.91 Å². The van der Waals surface area contributed by atoms with Crippen LogP contribution in [0.3, 0.4) is 0 Å². The van der Waals surface area contributed by atoms with Gasteiger partial charge in [0, 0.05) is 63.6 Å². The summed E-state index contributed by atoms with van der Waals surface area (Å²) in [5, 5.41) is 7.60. The van der Waals surface area contributed by atoms with E-state index in [-0.39, 0.29) is 11.8 Å². The minimum atomic E-state index is -0.131. The molecule has 2 aliphatic rings. The number of fused-ring (bicyclic) bond motifs is 1. The molecule has 0 bridgehead atoms. The van der Waals surface area contributed by atoms with Crippen molar-refractivity contribution in [2.24, 2.45) is 7.05 Å². The molecule has 0 atom stereocenters. The summed E-state index contributed by atoms with van der Waals surface area (Å²) in [5.74, 6) is 0.428. The average molecular weight is 357 g/mol. The van der Waals surface area contributed by atoms with Gasteiger partial charge >= 0.3 is 0 Å². The fourth-order valence-corrected chi connectivity index (χ4v) is 3.43. The molecule has 26 heavy (non-hydrogen) atoms. The van der Waals surface area contributed by atoms with Crippen LogP contribution in [0.4, 0.5) is 0 Å². The van der Waals surface area contributed by atoms with Crippen LogP contribution in [0.1, 0.15) is 52.6 Å². The number of amides is 2. The Kier molecular flexibility index (Phi) is 4.26. The van der Waals surface area contributed by atoms with Crippen LogP contribution in [0.2, 0.25) is 0 Å². The molecule has 138 valence electrons. The highest BCUT2D eigenvalue weighted by molar-refractivity contribution is 5.92. The van der Waals surface area contributed by atoms with Crippen molar-refractivity contribution in [2.45, 2.75) is 51.6 Å². The Hall–Kier alpha value is -2.64. The van der Waals surface area contributed by atoms with Crippen LogP contribution in [-0.2, 0) is 31.2 Å². The normalized spacial score (nSPS) is 16.5. The number of nitrogens with zero attached hydrogens (tertiary/aromatic N) is 4. The van der Waals surface area contributed by atoms with Crippen LogP contribution in [-0.4, -0.2) is 44.1 Å². The summed E-state index contributed by atoms with van der Waals surface area (Å²) in [7, 11) is 1.92. The van der Waals surface area contributed by atoms with Gasteiger partial charge in [0.1, 0.15) is 6.26 Å². The van der Waals surface area contributed by atoms with Crippen molar-refractivity contribution in [2.75, 3.05) is 6.54 Å². The van der Waals surface area contributed by atoms with Crippen LogP contribution in [0.15, 0.2) is 10.7 Å². The van der Waals surface area contributed by atoms with Crippen LogP contribution in [0, 0.1) is 6.92 Å². The average Bonchev–Trinajstić information content (AvgIpc) is 3.24. The summed E-state index contributed by atoms with van der Waals surface area (Å²) in [4.78, 5) is 30.5. The van der Waals surface area contributed by atoms with Gasteiger partial charge in [0.15, 0.2) is 11.6 Å². The van der Waals surface area contributed by atoms with E-state index in [1.165, 1.54) is 6.26 Å². The Bertz CT molecular complexity index is 849. The lowest BCUT2D eigenvalue weighted by molar-refractivity contribution is -0.121. The second-order valence-electron chi connectivity index (χ2n) is 7.07. The Morgan fingerprint density at radius 2 is 2.19 bits per heavy atom. The molecule has 8 heteroatoms. The molecule has 1 N–H and O–H groups in total. The van der Waals surface area contributed by atoms with Gasteiger partial charge in [-0.15, -0.1) is 0 Å². The smallest absolute Gasteiger partial charge is 0.276 e. The molecule has 0 unspecified atom stereocenters. The van der Waals surface area contributed by atoms with E-state index in [0.29, 0.717) is 43.6 Å². The summed E-state index contributed by atoms with van der Waals surface area (Å²) in [6.07, 6.45) is 5.34. The van der Waals surface area contributed by atoms with E-state index < -0.39 is 0 Å². The Morgan fingerprint density at radius 1 is 1.38 bits per heavy atom. The minimum absolute atomic E-state index is 0.0775. The molecule has 3 heterocycles. The first kappa shape index (κ1) is 16.8. The van der Waals surface area contributed by atoms with E-state index >= 15 is 0 Å².